The fourth-order valence-corrected chi connectivity index (χ4v) is 4.53. The van der Waals surface area contributed by atoms with E-state index in [0.29, 0.717) is 24.1 Å². The molecule has 0 unspecified atom stereocenters. The fourth-order valence-electron chi connectivity index (χ4n) is 4.53. The summed E-state index contributed by atoms with van der Waals surface area (Å²) in [4.78, 5) is 26.2. The molecule has 6 heteroatoms. The van der Waals surface area contributed by atoms with E-state index >= 15 is 0 Å². The van der Waals surface area contributed by atoms with Crippen LogP contribution in [0.1, 0.15) is 22.9 Å². The Kier molecular flexibility index (Phi) is 4.94. The maximum Gasteiger partial charge on any atom is 0.331 e. The summed E-state index contributed by atoms with van der Waals surface area (Å²) < 4.78 is 11.0. The van der Waals surface area contributed by atoms with E-state index in [1.807, 2.05) is 73.7 Å². The highest BCUT2D eigenvalue weighted by atomic mass is 16.5. The van der Waals surface area contributed by atoms with E-state index in [9.17, 15) is 9.59 Å². The molecule has 0 fully saturated rings. The summed E-state index contributed by atoms with van der Waals surface area (Å²) in [6.07, 6.45) is 3.65. The number of aryl methyl sites for hydroxylation is 2. The van der Waals surface area contributed by atoms with Gasteiger partial charge in [-0.25, -0.2) is 4.79 Å². The number of aromatic nitrogens is 3. The van der Waals surface area contributed by atoms with Crippen molar-refractivity contribution in [2.75, 3.05) is 6.61 Å². The van der Waals surface area contributed by atoms with Crippen molar-refractivity contribution in [2.24, 2.45) is 14.1 Å². The molecule has 0 amide bonds. The van der Waals surface area contributed by atoms with Crippen molar-refractivity contribution in [1.82, 2.24) is 13.7 Å². The van der Waals surface area contributed by atoms with E-state index in [4.69, 9.17) is 4.74 Å². The van der Waals surface area contributed by atoms with E-state index in [0.717, 1.165) is 28.1 Å². The lowest BCUT2D eigenvalue weighted by molar-refractivity contribution is 0.0532. The number of hydrogen-bond donors (Lipinski definition) is 0. The Morgan fingerprint density at radius 2 is 1.69 bits per heavy atom. The molecule has 1 aliphatic rings. The van der Waals surface area contributed by atoms with Crippen molar-refractivity contribution in [3.63, 3.8) is 0 Å². The Morgan fingerprint density at radius 3 is 2.41 bits per heavy atom. The lowest BCUT2D eigenvalue weighted by atomic mass is 10.1. The summed E-state index contributed by atoms with van der Waals surface area (Å²) in [7, 11) is 3.25. The minimum absolute atomic E-state index is 0.286. The van der Waals surface area contributed by atoms with Crippen LogP contribution in [0.4, 0.5) is 0 Å². The second-order valence-electron chi connectivity index (χ2n) is 8.24. The molecule has 5 rings (SSSR count). The van der Waals surface area contributed by atoms with Gasteiger partial charge in [-0.15, -0.1) is 0 Å². The SMILES string of the molecule is Cc1ccc(-c2c3c(=O)n(C)c(=O)n(C)c3c3n2CCO[C@@H]3/C=C/c2ccccc2)cc1. The topological polar surface area (TPSA) is 58.2 Å². The normalized spacial score (nSPS) is 16.0. The molecule has 0 aliphatic carbocycles. The first-order valence-corrected chi connectivity index (χ1v) is 10.7. The molecule has 0 saturated carbocycles. The molecule has 4 aromatic rings. The Hall–Kier alpha value is -3.64. The number of benzene rings is 2. The van der Waals surface area contributed by atoms with Crippen molar-refractivity contribution < 1.29 is 4.74 Å². The number of nitrogens with zero attached hydrogens (tertiary/aromatic N) is 3. The van der Waals surface area contributed by atoms with Gasteiger partial charge in [-0.05, 0) is 24.1 Å². The first-order chi connectivity index (χ1) is 15.5. The van der Waals surface area contributed by atoms with Crippen molar-refractivity contribution in [3.05, 3.63) is 98.3 Å². The molecular weight excluding hydrogens is 402 g/mol. The maximum atomic E-state index is 13.3. The minimum Gasteiger partial charge on any atom is -0.366 e. The van der Waals surface area contributed by atoms with Gasteiger partial charge in [0.25, 0.3) is 5.56 Å². The van der Waals surface area contributed by atoms with Crippen LogP contribution >= 0.6 is 0 Å². The molecule has 162 valence electrons. The molecule has 1 atom stereocenters. The Bertz CT molecular complexity index is 1460. The van der Waals surface area contributed by atoms with Crippen molar-refractivity contribution in [1.29, 1.82) is 0 Å². The second kappa shape index (κ2) is 7.80. The van der Waals surface area contributed by atoms with Gasteiger partial charge in [-0.1, -0.05) is 66.2 Å². The highest BCUT2D eigenvalue weighted by molar-refractivity contribution is 5.96. The third-order valence-electron chi connectivity index (χ3n) is 6.17. The summed E-state index contributed by atoms with van der Waals surface area (Å²) in [5, 5.41) is 0.553. The third kappa shape index (κ3) is 3.15. The fraction of sp³-hybridized carbons (Fsp3) is 0.231. The molecule has 2 aromatic heterocycles. The summed E-state index contributed by atoms with van der Waals surface area (Å²) in [6, 6.07) is 18.2. The van der Waals surface area contributed by atoms with E-state index in [1.165, 1.54) is 11.6 Å². The van der Waals surface area contributed by atoms with E-state index in [2.05, 4.69) is 4.57 Å². The molecule has 1 aliphatic heterocycles. The number of rotatable bonds is 3. The van der Waals surface area contributed by atoms with Crippen LogP contribution in [0, 0.1) is 6.92 Å². The monoisotopic (exact) mass is 427 g/mol. The molecule has 3 heterocycles. The molecule has 0 bridgehead atoms. The summed E-state index contributed by atoms with van der Waals surface area (Å²) in [5.41, 5.74) is 4.85. The van der Waals surface area contributed by atoms with Crippen molar-refractivity contribution >= 4 is 17.0 Å². The van der Waals surface area contributed by atoms with Gasteiger partial charge in [0.2, 0.25) is 0 Å². The van der Waals surface area contributed by atoms with Gasteiger partial charge in [0.1, 0.15) is 6.10 Å². The van der Waals surface area contributed by atoms with Crippen LogP contribution in [0.2, 0.25) is 0 Å². The Labute approximate surface area is 185 Å². The van der Waals surface area contributed by atoms with Gasteiger partial charge in [-0.2, -0.15) is 0 Å². The lowest BCUT2D eigenvalue weighted by Crippen LogP contribution is -2.37. The number of fused-ring (bicyclic) bond motifs is 3. The predicted molar refractivity (Wildman–Crippen MR) is 127 cm³/mol. The van der Waals surface area contributed by atoms with Gasteiger partial charge in [-0.3, -0.25) is 13.9 Å². The van der Waals surface area contributed by atoms with Crippen LogP contribution in [0.5, 0.6) is 0 Å². The van der Waals surface area contributed by atoms with Gasteiger partial charge in [0.15, 0.2) is 0 Å². The van der Waals surface area contributed by atoms with Gasteiger partial charge in [0, 0.05) is 20.6 Å². The largest absolute Gasteiger partial charge is 0.366 e. The van der Waals surface area contributed by atoms with E-state index in [1.54, 1.807) is 11.6 Å². The zero-order valence-electron chi connectivity index (χ0n) is 18.4. The highest BCUT2D eigenvalue weighted by Gasteiger charge is 2.31. The second-order valence-corrected chi connectivity index (χ2v) is 8.24. The number of ether oxygens (including phenoxy) is 1. The summed E-state index contributed by atoms with van der Waals surface area (Å²) >= 11 is 0. The molecule has 2 aromatic carbocycles. The van der Waals surface area contributed by atoms with Crippen LogP contribution in [-0.2, 0) is 25.4 Å². The molecule has 0 N–H and O–H groups in total. The zero-order chi connectivity index (χ0) is 22.4. The van der Waals surface area contributed by atoms with Crippen molar-refractivity contribution in [3.8, 4) is 11.3 Å². The summed E-state index contributed by atoms with van der Waals surface area (Å²) in [5.74, 6) is 0. The van der Waals surface area contributed by atoms with Gasteiger partial charge >= 0.3 is 5.69 Å². The molecule has 6 nitrogen and oxygen atoms in total. The van der Waals surface area contributed by atoms with Crippen LogP contribution in [0.3, 0.4) is 0 Å². The lowest BCUT2D eigenvalue weighted by Gasteiger charge is -2.25. The average molecular weight is 428 g/mol. The molecule has 32 heavy (non-hydrogen) atoms. The first kappa shape index (κ1) is 20.3. The van der Waals surface area contributed by atoms with E-state index < -0.39 is 0 Å². The Balaban J connectivity index is 1.83. The smallest absolute Gasteiger partial charge is 0.331 e. The molecule has 0 saturated heterocycles. The average Bonchev–Trinajstić information content (AvgIpc) is 3.17. The third-order valence-corrected chi connectivity index (χ3v) is 6.17. The Morgan fingerprint density at radius 1 is 0.969 bits per heavy atom. The van der Waals surface area contributed by atoms with E-state index in [-0.39, 0.29) is 17.4 Å². The van der Waals surface area contributed by atoms with Crippen LogP contribution in [0.15, 0.2) is 70.3 Å². The van der Waals surface area contributed by atoms with Crippen molar-refractivity contribution in [2.45, 2.75) is 19.6 Å². The molecule has 0 radical (unpaired) electrons. The minimum atomic E-state index is -0.372. The predicted octanol–water partition coefficient (Wildman–Crippen LogP) is 3.80. The van der Waals surface area contributed by atoms with Gasteiger partial charge in [0.05, 0.1) is 28.9 Å². The summed E-state index contributed by atoms with van der Waals surface area (Å²) in [6.45, 7) is 3.17. The highest BCUT2D eigenvalue weighted by Crippen LogP contribution is 2.38. The number of hydrogen-bond acceptors (Lipinski definition) is 3. The quantitative estimate of drug-likeness (QED) is 0.500. The maximum absolute atomic E-state index is 13.3. The zero-order valence-corrected chi connectivity index (χ0v) is 18.4. The standard InChI is InChI=1S/C26H25N3O3/c1-17-9-12-19(13-10-17)22-21-24(27(2)26(31)28(3)25(21)30)23-20(32-16-15-29(22)23)14-11-18-7-5-4-6-8-18/h4-14,20H,15-16H2,1-3H3/b14-11+/t20-/m1/s1. The molecule has 0 spiro atoms. The first-order valence-electron chi connectivity index (χ1n) is 10.7. The van der Waals surface area contributed by atoms with Gasteiger partial charge < -0.3 is 9.30 Å². The van der Waals surface area contributed by atoms with Crippen LogP contribution < -0.4 is 11.2 Å². The molecular formula is C26H25N3O3. The van der Waals surface area contributed by atoms with Crippen LogP contribution in [-0.4, -0.2) is 20.3 Å². The van der Waals surface area contributed by atoms with Crippen LogP contribution in [0.25, 0.3) is 28.2 Å².